The van der Waals surface area contributed by atoms with Crippen molar-refractivity contribution in [1.82, 2.24) is 5.32 Å². The summed E-state index contributed by atoms with van der Waals surface area (Å²) in [6.07, 6.45) is 75.9. The standard InChI is InChI=1S/C80H149NO10/c1-4-7-10-13-16-19-22-25-27-29-31-33-35-36-37-38-39-41-43-45-47-50-53-56-59-62-65-68-75(85)91-78-77(87)76(86)74(69-82)90-80(78)89-70-71(72(83)66-63-60-57-54-51-48-24-21-18-15-12-9-6-3)81-79(88)73(84)67-64-61-58-55-52-49-46-44-42-40-34-32-30-28-26-23-20-17-14-11-8-5-2/h16,19,25-28,63,66,71-74,76-78,80,82-84,86-87H,4-15,17-18,20-24,29-62,64-65,67-70H2,1-3H3,(H,81,88)/b19-16-,27-25-,28-26+,66-63+. The van der Waals surface area contributed by atoms with Gasteiger partial charge in [0, 0.05) is 6.42 Å². The second kappa shape index (κ2) is 67.6. The number of carbonyl (C=O) groups is 2. The molecule has 534 valence electrons. The number of carbonyl (C=O) groups excluding carboxylic acids is 2. The molecular weight excluding hydrogens is 1130 g/mol. The number of hydrogen-bond acceptors (Lipinski definition) is 10. The Hall–Kier alpha value is -2.38. The molecule has 0 aromatic rings. The van der Waals surface area contributed by atoms with Gasteiger partial charge in [-0.3, -0.25) is 9.59 Å². The van der Waals surface area contributed by atoms with E-state index in [4.69, 9.17) is 14.2 Å². The summed E-state index contributed by atoms with van der Waals surface area (Å²) >= 11 is 0. The molecule has 91 heavy (non-hydrogen) atoms. The topological polar surface area (TPSA) is 175 Å². The minimum Gasteiger partial charge on any atom is -0.454 e. The van der Waals surface area contributed by atoms with E-state index in [1.54, 1.807) is 6.08 Å². The minimum atomic E-state index is -1.61. The summed E-state index contributed by atoms with van der Waals surface area (Å²) in [6, 6.07) is -1.02. The van der Waals surface area contributed by atoms with Gasteiger partial charge in [-0.1, -0.05) is 345 Å². The second-order valence-corrected chi connectivity index (χ2v) is 27.4. The highest BCUT2D eigenvalue weighted by atomic mass is 16.7. The lowest BCUT2D eigenvalue weighted by Crippen LogP contribution is -2.61. The summed E-state index contributed by atoms with van der Waals surface area (Å²) < 4.78 is 17.8. The molecule has 1 rings (SSSR count). The Morgan fingerprint density at radius 1 is 0.429 bits per heavy atom. The van der Waals surface area contributed by atoms with Gasteiger partial charge in [0.25, 0.3) is 0 Å². The zero-order valence-electron chi connectivity index (χ0n) is 59.7. The Kier molecular flexibility index (Phi) is 64.3. The van der Waals surface area contributed by atoms with E-state index in [1.807, 2.05) is 6.08 Å². The van der Waals surface area contributed by atoms with E-state index in [1.165, 1.54) is 276 Å². The summed E-state index contributed by atoms with van der Waals surface area (Å²) in [7, 11) is 0. The molecule has 0 aromatic heterocycles. The largest absolute Gasteiger partial charge is 0.454 e. The molecule has 8 unspecified atom stereocenters. The third kappa shape index (κ3) is 54.4. The first-order valence-electron chi connectivity index (χ1n) is 39.4. The van der Waals surface area contributed by atoms with Crippen LogP contribution < -0.4 is 5.32 Å². The van der Waals surface area contributed by atoms with Crippen LogP contribution in [0, 0.1) is 0 Å². The van der Waals surface area contributed by atoms with Gasteiger partial charge < -0.3 is 45.1 Å². The van der Waals surface area contributed by atoms with Crippen LogP contribution in [0.3, 0.4) is 0 Å². The van der Waals surface area contributed by atoms with Crippen molar-refractivity contribution in [1.29, 1.82) is 0 Å². The monoisotopic (exact) mass is 1280 g/mol. The van der Waals surface area contributed by atoms with Crippen molar-refractivity contribution in [3.8, 4) is 0 Å². The van der Waals surface area contributed by atoms with Gasteiger partial charge in [-0.25, -0.2) is 0 Å². The first kappa shape index (κ1) is 86.6. The molecule has 1 aliphatic heterocycles. The van der Waals surface area contributed by atoms with Crippen molar-refractivity contribution < 1.29 is 49.3 Å². The average molecular weight is 1290 g/mol. The normalized spacial score (nSPS) is 18.2. The number of rotatable bonds is 69. The summed E-state index contributed by atoms with van der Waals surface area (Å²) in [4.78, 5) is 26.8. The maximum Gasteiger partial charge on any atom is 0.306 e. The first-order valence-corrected chi connectivity index (χ1v) is 39.4. The number of esters is 1. The maximum atomic E-state index is 13.5. The zero-order chi connectivity index (χ0) is 66.0. The first-order chi connectivity index (χ1) is 44.7. The Morgan fingerprint density at radius 2 is 0.758 bits per heavy atom. The molecule has 0 spiro atoms. The molecule has 8 atom stereocenters. The van der Waals surface area contributed by atoms with Crippen LogP contribution in [0.25, 0.3) is 0 Å². The highest BCUT2D eigenvalue weighted by Crippen LogP contribution is 2.27. The Labute approximate surface area is 561 Å². The van der Waals surface area contributed by atoms with Crippen LogP contribution in [0.1, 0.15) is 387 Å². The van der Waals surface area contributed by atoms with E-state index in [0.29, 0.717) is 19.3 Å². The summed E-state index contributed by atoms with van der Waals surface area (Å²) in [5.74, 6) is -1.18. The van der Waals surface area contributed by atoms with Gasteiger partial charge in [0.1, 0.15) is 24.4 Å². The predicted molar refractivity (Wildman–Crippen MR) is 384 cm³/mol. The molecule has 0 radical (unpaired) electrons. The lowest BCUT2D eigenvalue weighted by atomic mass is 9.99. The Bertz CT molecular complexity index is 1670. The molecule has 0 aliphatic carbocycles. The number of ether oxygens (including phenoxy) is 3. The summed E-state index contributed by atoms with van der Waals surface area (Å²) in [6.45, 7) is 5.83. The van der Waals surface area contributed by atoms with Gasteiger partial charge in [0.2, 0.25) is 5.91 Å². The van der Waals surface area contributed by atoms with Crippen molar-refractivity contribution in [2.24, 2.45) is 0 Å². The molecule has 1 fully saturated rings. The number of amides is 1. The third-order valence-corrected chi connectivity index (χ3v) is 18.7. The number of hydrogen-bond donors (Lipinski definition) is 6. The molecule has 1 aliphatic rings. The van der Waals surface area contributed by atoms with Crippen molar-refractivity contribution in [2.45, 2.75) is 436 Å². The smallest absolute Gasteiger partial charge is 0.306 e. The molecule has 11 heteroatoms. The van der Waals surface area contributed by atoms with Gasteiger partial charge in [0.15, 0.2) is 12.4 Å². The highest BCUT2D eigenvalue weighted by Gasteiger charge is 2.47. The van der Waals surface area contributed by atoms with E-state index in [0.717, 1.165) is 64.2 Å². The molecule has 1 amide bonds. The SMILES string of the molecule is CCCCC/C=C\C/C=C\CCCCCCCCCCCCCCCCCCCC(=O)OC1C(OCC(NC(=O)C(O)CCCCCCCCCCCCCC/C=C/CCCCCCCC)C(O)/C=C/CCCCCCCCCCCCC)OC(CO)C(O)C1O. The van der Waals surface area contributed by atoms with E-state index >= 15 is 0 Å². The van der Waals surface area contributed by atoms with Crippen LogP contribution in [0.5, 0.6) is 0 Å². The quantitative estimate of drug-likeness (QED) is 0.0195. The van der Waals surface area contributed by atoms with E-state index in [2.05, 4.69) is 62.5 Å². The van der Waals surface area contributed by atoms with Gasteiger partial charge >= 0.3 is 5.97 Å². The van der Waals surface area contributed by atoms with Crippen LogP contribution >= 0.6 is 0 Å². The summed E-state index contributed by atoms with van der Waals surface area (Å²) in [5, 5.41) is 57.4. The number of allylic oxidation sites excluding steroid dienone is 7. The number of unbranched alkanes of at least 4 members (excludes halogenated alkanes) is 49. The molecule has 1 heterocycles. The molecule has 1 saturated heterocycles. The van der Waals surface area contributed by atoms with Crippen molar-refractivity contribution in [3.05, 3.63) is 48.6 Å². The van der Waals surface area contributed by atoms with Crippen molar-refractivity contribution in [2.75, 3.05) is 13.2 Å². The van der Waals surface area contributed by atoms with Crippen LogP contribution in [0.4, 0.5) is 0 Å². The molecule has 0 bridgehead atoms. The fraction of sp³-hybridized carbons (Fsp3) is 0.875. The molecule has 11 nitrogen and oxygen atoms in total. The van der Waals surface area contributed by atoms with Gasteiger partial charge in [0.05, 0.1) is 25.4 Å². The second-order valence-electron chi connectivity index (χ2n) is 27.4. The lowest BCUT2D eigenvalue weighted by molar-refractivity contribution is -0.305. The minimum absolute atomic E-state index is 0.127. The van der Waals surface area contributed by atoms with Crippen molar-refractivity contribution >= 4 is 11.9 Å². The Morgan fingerprint density at radius 3 is 1.15 bits per heavy atom. The van der Waals surface area contributed by atoms with Gasteiger partial charge in [-0.15, -0.1) is 0 Å². The van der Waals surface area contributed by atoms with E-state index < -0.39 is 67.4 Å². The van der Waals surface area contributed by atoms with Crippen LogP contribution in [-0.2, 0) is 23.8 Å². The van der Waals surface area contributed by atoms with Crippen molar-refractivity contribution in [3.63, 3.8) is 0 Å². The van der Waals surface area contributed by atoms with E-state index in [9.17, 15) is 35.1 Å². The molecule has 0 saturated carbocycles. The fourth-order valence-electron chi connectivity index (χ4n) is 12.5. The zero-order valence-corrected chi connectivity index (χ0v) is 59.7. The number of aliphatic hydroxyl groups is 5. The number of aliphatic hydroxyl groups excluding tert-OH is 5. The molecule has 0 aromatic carbocycles. The maximum absolute atomic E-state index is 13.5. The highest BCUT2D eigenvalue weighted by molar-refractivity contribution is 5.80. The predicted octanol–water partition coefficient (Wildman–Crippen LogP) is 21.1. The van der Waals surface area contributed by atoms with Crippen LogP contribution in [0.2, 0.25) is 0 Å². The van der Waals surface area contributed by atoms with Crippen LogP contribution in [0.15, 0.2) is 48.6 Å². The van der Waals surface area contributed by atoms with E-state index in [-0.39, 0.29) is 13.0 Å². The lowest BCUT2D eigenvalue weighted by Gasteiger charge is -2.41. The fourth-order valence-corrected chi connectivity index (χ4v) is 12.5. The summed E-state index contributed by atoms with van der Waals surface area (Å²) in [5.41, 5.74) is 0. The third-order valence-electron chi connectivity index (χ3n) is 18.7. The number of nitrogens with one attached hydrogen (secondary N) is 1. The molecular formula is C80H149NO10. The molecule has 6 N–H and O–H groups in total. The van der Waals surface area contributed by atoms with Gasteiger partial charge in [-0.2, -0.15) is 0 Å². The average Bonchev–Trinajstić information content (AvgIpc) is 1.11. The van der Waals surface area contributed by atoms with Crippen LogP contribution in [-0.4, -0.2) is 99.6 Å². The Balaban J connectivity index is 2.51. The van der Waals surface area contributed by atoms with Gasteiger partial charge in [-0.05, 0) is 83.5 Å².